The molecule has 4 nitrogen and oxygen atoms in total. The molecule has 0 saturated carbocycles. The number of benzene rings is 2. The van der Waals surface area contributed by atoms with E-state index in [1.807, 2.05) is 36.4 Å². The maximum absolute atomic E-state index is 12.2. The highest BCUT2D eigenvalue weighted by atomic mass is 79.9. The Morgan fingerprint density at radius 3 is 2.55 bits per heavy atom. The van der Waals surface area contributed by atoms with Crippen LogP contribution in [-0.4, -0.2) is 20.1 Å². The standard InChI is InChI=1S/C17H14BrNO3/c1-21-15-9-16(22-2)13(18)8-10(15)7-12-11-5-3-4-6-14(11)19-17(12)20/h3-9H,1-2H3,(H,19,20)/b12-7-. The first kappa shape index (κ1) is 14.7. The Hall–Kier alpha value is -2.27. The fourth-order valence-electron chi connectivity index (χ4n) is 2.43. The van der Waals surface area contributed by atoms with Crippen LogP contribution in [0.5, 0.6) is 11.5 Å². The van der Waals surface area contributed by atoms with Crippen LogP contribution in [0, 0.1) is 0 Å². The molecule has 0 saturated heterocycles. The minimum atomic E-state index is -0.116. The van der Waals surface area contributed by atoms with Gasteiger partial charge >= 0.3 is 0 Å². The monoisotopic (exact) mass is 359 g/mol. The second-order valence-electron chi connectivity index (χ2n) is 4.79. The molecule has 112 valence electrons. The zero-order valence-electron chi connectivity index (χ0n) is 12.1. The van der Waals surface area contributed by atoms with Gasteiger partial charge in [0.25, 0.3) is 5.91 Å². The predicted octanol–water partition coefficient (Wildman–Crippen LogP) is 3.96. The average Bonchev–Trinajstić information content (AvgIpc) is 2.84. The number of rotatable bonds is 3. The number of carbonyl (C=O) groups is 1. The summed E-state index contributed by atoms with van der Waals surface area (Å²) in [5.41, 5.74) is 3.13. The first-order valence-corrected chi connectivity index (χ1v) is 7.47. The molecule has 1 amide bonds. The van der Waals surface area contributed by atoms with E-state index in [-0.39, 0.29) is 5.91 Å². The molecule has 5 heteroatoms. The number of halogens is 1. The van der Waals surface area contributed by atoms with Gasteiger partial charge in [0.1, 0.15) is 11.5 Å². The van der Waals surface area contributed by atoms with Crippen LogP contribution in [0.1, 0.15) is 11.1 Å². The Balaban J connectivity index is 2.13. The van der Waals surface area contributed by atoms with E-state index in [1.54, 1.807) is 20.3 Å². The predicted molar refractivity (Wildman–Crippen MR) is 90.2 cm³/mol. The molecule has 0 atom stereocenters. The molecule has 1 N–H and O–H groups in total. The lowest BCUT2D eigenvalue weighted by molar-refractivity contribution is -0.110. The Morgan fingerprint density at radius 1 is 1.09 bits per heavy atom. The largest absolute Gasteiger partial charge is 0.496 e. The first-order valence-electron chi connectivity index (χ1n) is 6.68. The number of methoxy groups -OCH3 is 2. The van der Waals surface area contributed by atoms with Crippen LogP contribution >= 0.6 is 15.9 Å². The van der Waals surface area contributed by atoms with Crippen molar-refractivity contribution in [2.24, 2.45) is 0 Å². The van der Waals surface area contributed by atoms with Crippen molar-refractivity contribution >= 4 is 39.2 Å². The number of hydrogen-bond donors (Lipinski definition) is 1. The number of anilines is 1. The van der Waals surface area contributed by atoms with Crippen molar-refractivity contribution < 1.29 is 14.3 Å². The molecule has 1 aliphatic heterocycles. The van der Waals surface area contributed by atoms with Gasteiger partial charge in [-0.05, 0) is 34.1 Å². The van der Waals surface area contributed by atoms with Crippen LogP contribution in [-0.2, 0) is 4.79 Å². The zero-order chi connectivity index (χ0) is 15.7. The molecule has 1 heterocycles. The lowest BCUT2D eigenvalue weighted by Gasteiger charge is -2.10. The normalized spacial score (nSPS) is 14.7. The molecule has 1 aliphatic rings. The summed E-state index contributed by atoms with van der Waals surface area (Å²) in [6, 6.07) is 11.3. The van der Waals surface area contributed by atoms with Gasteiger partial charge in [0.15, 0.2) is 0 Å². The van der Waals surface area contributed by atoms with Crippen LogP contribution in [0.15, 0.2) is 40.9 Å². The molecule has 0 radical (unpaired) electrons. The number of para-hydroxylation sites is 1. The second-order valence-corrected chi connectivity index (χ2v) is 5.64. The lowest BCUT2D eigenvalue weighted by atomic mass is 10.0. The SMILES string of the molecule is COc1cc(OC)c(/C=C2\C(=O)Nc3ccccc32)cc1Br. The lowest BCUT2D eigenvalue weighted by Crippen LogP contribution is -2.03. The third kappa shape index (κ3) is 2.48. The van der Waals surface area contributed by atoms with Crippen molar-refractivity contribution in [3.8, 4) is 11.5 Å². The van der Waals surface area contributed by atoms with Gasteiger partial charge in [-0.1, -0.05) is 18.2 Å². The molecule has 2 aromatic carbocycles. The summed E-state index contributed by atoms with van der Waals surface area (Å²) in [4.78, 5) is 12.2. The molecule has 0 aromatic heterocycles. The number of ether oxygens (including phenoxy) is 2. The highest BCUT2D eigenvalue weighted by Gasteiger charge is 2.24. The van der Waals surface area contributed by atoms with Gasteiger partial charge in [-0.3, -0.25) is 4.79 Å². The summed E-state index contributed by atoms with van der Waals surface area (Å²) in [7, 11) is 3.19. The van der Waals surface area contributed by atoms with Gasteiger partial charge in [-0.15, -0.1) is 0 Å². The number of hydrogen-bond acceptors (Lipinski definition) is 3. The number of carbonyl (C=O) groups excluding carboxylic acids is 1. The van der Waals surface area contributed by atoms with Crippen molar-refractivity contribution in [3.63, 3.8) is 0 Å². The molecule has 0 unspecified atom stereocenters. The maximum Gasteiger partial charge on any atom is 0.256 e. The van der Waals surface area contributed by atoms with Crippen LogP contribution < -0.4 is 14.8 Å². The zero-order valence-corrected chi connectivity index (χ0v) is 13.7. The summed E-state index contributed by atoms with van der Waals surface area (Å²) in [6.45, 7) is 0. The van der Waals surface area contributed by atoms with Crippen molar-refractivity contribution in [3.05, 3.63) is 52.0 Å². The summed E-state index contributed by atoms with van der Waals surface area (Å²) in [5.74, 6) is 1.20. The van der Waals surface area contributed by atoms with Gasteiger partial charge in [0, 0.05) is 28.5 Å². The minimum absolute atomic E-state index is 0.116. The van der Waals surface area contributed by atoms with Gasteiger partial charge < -0.3 is 14.8 Å². The van der Waals surface area contributed by atoms with E-state index in [9.17, 15) is 4.79 Å². The second kappa shape index (κ2) is 5.85. The average molecular weight is 360 g/mol. The summed E-state index contributed by atoms with van der Waals surface area (Å²) < 4.78 is 11.5. The molecule has 22 heavy (non-hydrogen) atoms. The molecular formula is C17H14BrNO3. The third-order valence-electron chi connectivity index (χ3n) is 3.51. The number of fused-ring (bicyclic) bond motifs is 1. The van der Waals surface area contributed by atoms with Gasteiger partial charge in [0.2, 0.25) is 0 Å². The van der Waals surface area contributed by atoms with Crippen LogP contribution in [0.2, 0.25) is 0 Å². The summed E-state index contributed by atoms with van der Waals surface area (Å²) in [5, 5.41) is 2.86. The number of amides is 1. The summed E-state index contributed by atoms with van der Waals surface area (Å²) in [6.07, 6.45) is 1.82. The van der Waals surface area contributed by atoms with Crippen LogP contribution in [0.3, 0.4) is 0 Å². The van der Waals surface area contributed by atoms with Gasteiger partial charge in [-0.25, -0.2) is 0 Å². The first-order chi connectivity index (χ1) is 10.6. The van der Waals surface area contributed by atoms with E-state index in [4.69, 9.17) is 9.47 Å². The Labute approximate surface area is 136 Å². The Morgan fingerprint density at radius 2 is 1.82 bits per heavy atom. The van der Waals surface area contributed by atoms with Crippen molar-refractivity contribution in [2.75, 3.05) is 19.5 Å². The molecule has 3 rings (SSSR count). The highest BCUT2D eigenvalue weighted by Crippen LogP contribution is 2.37. The maximum atomic E-state index is 12.2. The van der Waals surface area contributed by atoms with Crippen LogP contribution in [0.4, 0.5) is 5.69 Å². The Kier molecular flexibility index (Phi) is 3.90. The van der Waals surface area contributed by atoms with E-state index in [2.05, 4.69) is 21.2 Å². The topological polar surface area (TPSA) is 47.6 Å². The molecule has 0 fully saturated rings. The summed E-state index contributed by atoms with van der Waals surface area (Å²) >= 11 is 3.46. The highest BCUT2D eigenvalue weighted by molar-refractivity contribution is 9.10. The third-order valence-corrected chi connectivity index (χ3v) is 4.13. The number of nitrogens with one attached hydrogen (secondary N) is 1. The molecule has 0 bridgehead atoms. The fourth-order valence-corrected chi connectivity index (χ4v) is 2.96. The minimum Gasteiger partial charge on any atom is -0.496 e. The van der Waals surface area contributed by atoms with Crippen molar-refractivity contribution in [1.82, 2.24) is 0 Å². The Bertz CT molecular complexity index is 783. The van der Waals surface area contributed by atoms with E-state index in [0.29, 0.717) is 17.1 Å². The van der Waals surface area contributed by atoms with E-state index < -0.39 is 0 Å². The smallest absolute Gasteiger partial charge is 0.256 e. The fraction of sp³-hybridized carbons (Fsp3) is 0.118. The van der Waals surface area contributed by atoms with Gasteiger partial charge in [-0.2, -0.15) is 0 Å². The van der Waals surface area contributed by atoms with Gasteiger partial charge in [0.05, 0.1) is 18.7 Å². The van der Waals surface area contributed by atoms with E-state index in [0.717, 1.165) is 21.3 Å². The quantitative estimate of drug-likeness (QED) is 0.843. The van der Waals surface area contributed by atoms with Crippen molar-refractivity contribution in [1.29, 1.82) is 0 Å². The van der Waals surface area contributed by atoms with E-state index >= 15 is 0 Å². The van der Waals surface area contributed by atoms with Crippen LogP contribution in [0.25, 0.3) is 11.6 Å². The molecule has 0 aliphatic carbocycles. The molecular weight excluding hydrogens is 346 g/mol. The van der Waals surface area contributed by atoms with Crippen molar-refractivity contribution in [2.45, 2.75) is 0 Å². The van der Waals surface area contributed by atoms with E-state index in [1.165, 1.54) is 0 Å². The molecule has 2 aromatic rings. The molecule has 0 spiro atoms.